The lowest BCUT2D eigenvalue weighted by Crippen LogP contribution is -2.32. The van der Waals surface area contributed by atoms with Crippen LogP contribution in [0, 0.1) is 0 Å². The average molecular weight is 353 g/mol. The molecule has 4 nitrogen and oxygen atoms in total. The molecule has 1 amide bonds. The number of carbonyl (C=O) groups excluding carboxylic acids is 1. The van der Waals surface area contributed by atoms with Crippen LogP contribution in [0.3, 0.4) is 0 Å². The van der Waals surface area contributed by atoms with Gasteiger partial charge in [-0.05, 0) is 29.3 Å². The number of anilines is 1. The Morgan fingerprint density at radius 1 is 0.815 bits per heavy atom. The minimum atomic E-state index is -0.114. The minimum absolute atomic E-state index is 0.114. The Bertz CT molecular complexity index is 980. The largest absolute Gasteiger partial charge is 0.321 e. The number of guanidine groups is 1. The van der Waals surface area contributed by atoms with E-state index in [4.69, 9.17) is 0 Å². The molecule has 0 radical (unpaired) electrons. The van der Waals surface area contributed by atoms with Crippen molar-refractivity contribution in [3.8, 4) is 0 Å². The number of hydrogen-bond donors (Lipinski definition) is 1. The van der Waals surface area contributed by atoms with Crippen molar-refractivity contribution in [2.75, 3.05) is 4.90 Å². The zero-order valence-electron chi connectivity index (χ0n) is 14.7. The normalized spacial score (nSPS) is 16.7. The highest BCUT2D eigenvalue weighted by Crippen LogP contribution is 2.22. The van der Waals surface area contributed by atoms with Gasteiger partial charge in [0.15, 0.2) is 0 Å². The number of carbonyl (C=O) groups is 1. The number of nitrogens with one attached hydrogen (secondary N) is 1. The number of para-hydroxylation sites is 1. The average Bonchev–Trinajstić information content (AvgIpc) is 3.04. The number of amides is 1. The zero-order valence-corrected chi connectivity index (χ0v) is 14.7. The van der Waals surface area contributed by atoms with Crippen molar-refractivity contribution in [2.24, 2.45) is 4.99 Å². The van der Waals surface area contributed by atoms with Gasteiger partial charge in [-0.3, -0.25) is 4.79 Å². The van der Waals surface area contributed by atoms with Gasteiger partial charge in [0.2, 0.25) is 5.96 Å². The molecule has 1 fully saturated rings. The maximum Gasteiger partial charge on any atom is 0.281 e. The third kappa shape index (κ3) is 3.80. The van der Waals surface area contributed by atoms with Crippen LogP contribution in [0.5, 0.6) is 0 Å². The Kier molecular flexibility index (Phi) is 4.79. The van der Waals surface area contributed by atoms with E-state index in [9.17, 15) is 4.79 Å². The van der Waals surface area contributed by atoms with E-state index < -0.39 is 0 Å². The zero-order chi connectivity index (χ0) is 18.5. The fourth-order valence-corrected chi connectivity index (χ4v) is 2.94. The summed E-state index contributed by atoms with van der Waals surface area (Å²) in [4.78, 5) is 19.3. The van der Waals surface area contributed by atoms with Gasteiger partial charge in [-0.15, -0.1) is 0 Å². The van der Waals surface area contributed by atoms with Crippen molar-refractivity contribution in [2.45, 2.75) is 6.54 Å². The molecule has 1 heterocycles. The first-order chi connectivity index (χ1) is 13.3. The van der Waals surface area contributed by atoms with Crippen molar-refractivity contribution < 1.29 is 4.79 Å². The highest BCUT2D eigenvalue weighted by Gasteiger charge is 2.33. The Morgan fingerprint density at radius 2 is 1.41 bits per heavy atom. The number of benzene rings is 3. The van der Waals surface area contributed by atoms with Gasteiger partial charge in [0.1, 0.15) is 5.70 Å². The molecule has 1 N–H and O–H groups in total. The van der Waals surface area contributed by atoms with E-state index in [1.165, 1.54) is 0 Å². The maximum absolute atomic E-state index is 13.0. The molecule has 1 aliphatic rings. The topological polar surface area (TPSA) is 44.7 Å². The van der Waals surface area contributed by atoms with Crippen LogP contribution < -0.4 is 10.2 Å². The van der Waals surface area contributed by atoms with E-state index in [0.29, 0.717) is 18.2 Å². The number of rotatable bonds is 4. The molecule has 0 saturated carbocycles. The molecule has 0 aromatic heterocycles. The first-order valence-corrected chi connectivity index (χ1v) is 8.83. The molecule has 4 rings (SSSR count). The molecule has 0 atom stereocenters. The molecule has 0 spiro atoms. The van der Waals surface area contributed by atoms with Crippen molar-refractivity contribution in [1.29, 1.82) is 0 Å². The molecule has 4 heteroatoms. The Balaban J connectivity index is 1.69. The van der Waals surface area contributed by atoms with Crippen molar-refractivity contribution in [1.82, 2.24) is 5.32 Å². The van der Waals surface area contributed by atoms with E-state index in [0.717, 1.165) is 16.8 Å². The van der Waals surface area contributed by atoms with Crippen LogP contribution >= 0.6 is 0 Å². The third-order valence-corrected chi connectivity index (χ3v) is 4.27. The van der Waals surface area contributed by atoms with E-state index in [-0.39, 0.29) is 5.91 Å². The molecule has 1 saturated heterocycles. The van der Waals surface area contributed by atoms with Crippen molar-refractivity contribution in [3.05, 3.63) is 108 Å². The lowest BCUT2D eigenvalue weighted by atomic mass is 10.2. The summed E-state index contributed by atoms with van der Waals surface area (Å²) in [6.45, 7) is 0.498. The molecular formula is C23H19N3O. The quantitative estimate of drug-likeness (QED) is 0.714. The molecule has 0 aliphatic carbocycles. The summed E-state index contributed by atoms with van der Waals surface area (Å²) in [5, 5.41) is 3.20. The van der Waals surface area contributed by atoms with Crippen LogP contribution in [-0.4, -0.2) is 11.9 Å². The molecule has 3 aromatic carbocycles. The van der Waals surface area contributed by atoms with Gasteiger partial charge in [-0.25, -0.2) is 9.89 Å². The van der Waals surface area contributed by atoms with E-state index in [1.54, 1.807) is 4.90 Å². The van der Waals surface area contributed by atoms with Crippen LogP contribution in [0.4, 0.5) is 5.69 Å². The summed E-state index contributed by atoms with van der Waals surface area (Å²) < 4.78 is 0. The van der Waals surface area contributed by atoms with Gasteiger partial charge in [0.25, 0.3) is 5.91 Å². The Morgan fingerprint density at radius 3 is 2.07 bits per heavy atom. The molecule has 27 heavy (non-hydrogen) atoms. The van der Waals surface area contributed by atoms with Gasteiger partial charge in [0.05, 0.1) is 12.2 Å². The van der Waals surface area contributed by atoms with Gasteiger partial charge in [-0.2, -0.15) is 0 Å². The third-order valence-electron chi connectivity index (χ3n) is 4.27. The van der Waals surface area contributed by atoms with Crippen molar-refractivity contribution >= 4 is 23.6 Å². The Labute approximate surface area is 158 Å². The molecular weight excluding hydrogens is 334 g/mol. The molecule has 0 bridgehead atoms. The predicted octanol–water partition coefficient (Wildman–Crippen LogP) is 4.22. The molecule has 0 unspecified atom stereocenters. The summed E-state index contributed by atoms with van der Waals surface area (Å²) in [5.74, 6) is 0.425. The highest BCUT2D eigenvalue weighted by molar-refractivity contribution is 6.29. The van der Waals surface area contributed by atoms with E-state index in [2.05, 4.69) is 10.3 Å². The van der Waals surface area contributed by atoms with Gasteiger partial charge in [0, 0.05) is 0 Å². The standard InChI is InChI=1S/C23H19N3O/c27-22-21(16-18-10-4-1-5-11-18)25-23(24-17-19-12-6-2-7-13-19)26(22)20-14-8-3-9-15-20/h1-16H,17H2,(H,24,25)/b21-16-. The fraction of sp³-hybridized carbons (Fsp3) is 0.0435. The Hall–Kier alpha value is -3.66. The van der Waals surface area contributed by atoms with Crippen LogP contribution in [0.2, 0.25) is 0 Å². The van der Waals surface area contributed by atoms with Crippen LogP contribution in [-0.2, 0) is 11.3 Å². The van der Waals surface area contributed by atoms with Gasteiger partial charge in [-0.1, -0.05) is 78.9 Å². The summed E-state index contributed by atoms with van der Waals surface area (Å²) >= 11 is 0. The van der Waals surface area contributed by atoms with Gasteiger partial charge < -0.3 is 5.32 Å². The summed E-state index contributed by atoms with van der Waals surface area (Å²) in [5.41, 5.74) is 3.36. The molecule has 132 valence electrons. The summed E-state index contributed by atoms with van der Waals surface area (Å²) in [7, 11) is 0. The monoisotopic (exact) mass is 353 g/mol. The fourth-order valence-electron chi connectivity index (χ4n) is 2.94. The molecule has 3 aromatic rings. The number of nitrogens with zero attached hydrogens (tertiary/aromatic N) is 2. The van der Waals surface area contributed by atoms with Gasteiger partial charge >= 0.3 is 0 Å². The van der Waals surface area contributed by atoms with E-state index >= 15 is 0 Å². The van der Waals surface area contributed by atoms with Crippen LogP contribution in [0.1, 0.15) is 11.1 Å². The first kappa shape index (κ1) is 16.8. The van der Waals surface area contributed by atoms with Crippen molar-refractivity contribution in [3.63, 3.8) is 0 Å². The SMILES string of the molecule is O=C1/C(=C/c2ccccc2)NC(=NCc2ccccc2)N1c1ccccc1. The highest BCUT2D eigenvalue weighted by atomic mass is 16.2. The first-order valence-electron chi connectivity index (χ1n) is 8.83. The number of aliphatic imine (C=N–C) groups is 1. The minimum Gasteiger partial charge on any atom is -0.321 e. The lowest BCUT2D eigenvalue weighted by molar-refractivity contribution is -0.113. The number of hydrogen-bond acceptors (Lipinski definition) is 2. The molecule has 1 aliphatic heterocycles. The second kappa shape index (κ2) is 7.70. The van der Waals surface area contributed by atoms with E-state index in [1.807, 2.05) is 97.1 Å². The second-order valence-corrected chi connectivity index (χ2v) is 6.20. The summed E-state index contributed by atoms with van der Waals surface area (Å²) in [6.07, 6.45) is 1.85. The lowest BCUT2D eigenvalue weighted by Gasteiger charge is -2.15. The summed E-state index contributed by atoms with van der Waals surface area (Å²) in [6, 6.07) is 29.3. The predicted molar refractivity (Wildman–Crippen MR) is 109 cm³/mol. The maximum atomic E-state index is 13.0. The van der Waals surface area contributed by atoms with Crippen LogP contribution in [0.15, 0.2) is 102 Å². The van der Waals surface area contributed by atoms with Crippen LogP contribution in [0.25, 0.3) is 6.08 Å². The smallest absolute Gasteiger partial charge is 0.281 e. The second-order valence-electron chi connectivity index (χ2n) is 6.20.